The Kier molecular flexibility index (Phi) is 6.22. The molecule has 11 aromatic rings. The molecule has 0 aliphatic carbocycles. The molecule has 0 aliphatic rings. The van der Waals surface area contributed by atoms with Gasteiger partial charge in [0.15, 0.2) is 0 Å². The van der Waals surface area contributed by atoms with E-state index in [-0.39, 0.29) is 0 Å². The lowest BCUT2D eigenvalue weighted by Crippen LogP contribution is -1.98. The first-order valence-corrected chi connectivity index (χ1v) is 17.7. The van der Waals surface area contributed by atoms with Crippen LogP contribution in [0.25, 0.3) is 99.5 Å². The van der Waals surface area contributed by atoms with Crippen molar-refractivity contribution in [2.75, 3.05) is 0 Å². The molecular weight excluding hydrogens is 633 g/mol. The van der Waals surface area contributed by atoms with Crippen LogP contribution in [0.4, 0.5) is 0 Å². The van der Waals surface area contributed by atoms with Gasteiger partial charge in [0.2, 0.25) is 0 Å². The summed E-state index contributed by atoms with van der Waals surface area (Å²) in [6, 6.07) is 64.8. The van der Waals surface area contributed by atoms with Gasteiger partial charge in [-0.05, 0) is 65.7 Å². The van der Waals surface area contributed by atoms with E-state index in [4.69, 9.17) is 9.97 Å². The highest BCUT2D eigenvalue weighted by Gasteiger charge is 2.21. The van der Waals surface area contributed by atoms with Gasteiger partial charge in [0, 0.05) is 43.7 Å². The second kappa shape index (κ2) is 11.2. The number of rotatable bonds is 4. The van der Waals surface area contributed by atoms with Crippen LogP contribution >= 0.6 is 0 Å². The van der Waals surface area contributed by atoms with Crippen LogP contribution in [0.15, 0.2) is 182 Å². The fourth-order valence-electron chi connectivity index (χ4n) is 8.15. The lowest BCUT2D eigenvalue weighted by atomic mass is 10.00. The van der Waals surface area contributed by atoms with Crippen LogP contribution in [0.5, 0.6) is 0 Å². The highest BCUT2D eigenvalue weighted by Crippen LogP contribution is 2.42. The van der Waals surface area contributed by atoms with Crippen molar-refractivity contribution >= 4 is 60.2 Å². The fourth-order valence-corrected chi connectivity index (χ4v) is 8.15. The monoisotopic (exact) mass is 662 g/mol. The number of hydrogen-bond acceptors (Lipinski definition) is 2. The highest BCUT2D eigenvalue weighted by atomic mass is 15.0. The van der Waals surface area contributed by atoms with Crippen LogP contribution in [0, 0.1) is 0 Å². The second-order valence-corrected chi connectivity index (χ2v) is 13.4. The van der Waals surface area contributed by atoms with E-state index in [1.165, 1.54) is 27.1 Å². The maximum Gasteiger partial charge on any atom is 0.146 e. The molecule has 0 amide bonds. The largest absolute Gasteiger partial charge is 0.309 e. The van der Waals surface area contributed by atoms with E-state index in [2.05, 4.69) is 185 Å². The number of benzene rings is 7. The summed E-state index contributed by atoms with van der Waals surface area (Å²) < 4.78 is 4.77. The Hall–Kier alpha value is -7.04. The topological polar surface area (TPSA) is 35.1 Å². The lowest BCUT2D eigenvalue weighted by molar-refractivity contribution is 1.18. The van der Waals surface area contributed by atoms with Gasteiger partial charge >= 0.3 is 0 Å². The van der Waals surface area contributed by atoms with Gasteiger partial charge in [-0.1, -0.05) is 127 Å². The smallest absolute Gasteiger partial charge is 0.146 e. The van der Waals surface area contributed by atoms with Crippen molar-refractivity contribution in [3.05, 3.63) is 182 Å². The van der Waals surface area contributed by atoms with E-state index in [1.54, 1.807) is 0 Å². The third kappa shape index (κ3) is 4.28. The Bertz CT molecular complexity index is 3110. The van der Waals surface area contributed by atoms with Gasteiger partial charge in [-0.2, -0.15) is 0 Å². The van der Waals surface area contributed by atoms with Crippen LogP contribution in [-0.4, -0.2) is 18.9 Å². The molecule has 0 atom stereocenters. The summed E-state index contributed by atoms with van der Waals surface area (Å²) in [5, 5.41) is 5.97. The predicted octanol–water partition coefficient (Wildman–Crippen LogP) is 12.3. The fraction of sp³-hybridized carbons (Fsp3) is 0. The van der Waals surface area contributed by atoms with Gasteiger partial charge in [-0.3, -0.25) is 4.40 Å². The summed E-state index contributed by atoms with van der Waals surface area (Å²) in [6.45, 7) is 0. The first-order chi connectivity index (χ1) is 25.8. The molecule has 0 N–H and O–H groups in total. The molecule has 11 rings (SSSR count). The van der Waals surface area contributed by atoms with E-state index < -0.39 is 0 Å². The van der Waals surface area contributed by atoms with Crippen LogP contribution in [-0.2, 0) is 0 Å². The van der Waals surface area contributed by atoms with Gasteiger partial charge in [0.25, 0.3) is 0 Å². The number of nitrogens with zero attached hydrogens (tertiary/aromatic N) is 4. The van der Waals surface area contributed by atoms with Crippen molar-refractivity contribution in [3.63, 3.8) is 0 Å². The molecule has 52 heavy (non-hydrogen) atoms. The van der Waals surface area contributed by atoms with Gasteiger partial charge in [-0.15, -0.1) is 0 Å². The Morgan fingerprint density at radius 3 is 1.79 bits per heavy atom. The van der Waals surface area contributed by atoms with Gasteiger partial charge in [0.1, 0.15) is 5.65 Å². The molecule has 0 bridgehead atoms. The molecule has 7 aromatic carbocycles. The predicted molar refractivity (Wildman–Crippen MR) is 216 cm³/mol. The number of pyridine rings is 2. The summed E-state index contributed by atoms with van der Waals surface area (Å²) in [5.74, 6) is 0. The third-order valence-corrected chi connectivity index (χ3v) is 10.5. The van der Waals surface area contributed by atoms with E-state index >= 15 is 0 Å². The Morgan fingerprint density at radius 1 is 0.365 bits per heavy atom. The Balaban J connectivity index is 1.22. The molecule has 0 spiro atoms. The van der Waals surface area contributed by atoms with Crippen molar-refractivity contribution in [3.8, 4) is 39.3 Å². The normalized spacial score (nSPS) is 11.8. The number of aromatic nitrogens is 4. The van der Waals surface area contributed by atoms with E-state index in [0.717, 1.165) is 72.4 Å². The minimum absolute atomic E-state index is 0.934. The molecule has 4 nitrogen and oxygen atoms in total. The molecule has 0 aliphatic heterocycles. The molecule has 4 heterocycles. The number of para-hydroxylation sites is 4. The van der Waals surface area contributed by atoms with Crippen molar-refractivity contribution in [2.24, 2.45) is 0 Å². The maximum absolute atomic E-state index is 5.27. The van der Waals surface area contributed by atoms with Crippen LogP contribution in [0.3, 0.4) is 0 Å². The summed E-state index contributed by atoms with van der Waals surface area (Å²) in [6.07, 6.45) is 0. The SMILES string of the molecule is c1ccc(-c2cc(-c3ccccc3)nc(-c3cccc(-n4c5ccccc5c5ccc6c(c7ccccc7n7c8ccccc8nc67)c54)c3)c2)cc1. The van der Waals surface area contributed by atoms with Crippen LogP contribution in [0.2, 0.25) is 0 Å². The highest BCUT2D eigenvalue weighted by molar-refractivity contribution is 6.28. The summed E-state index contributed by atoms with van der Waals surface area (Å²) in [5.41, 5.74) is 14.0. The molecule has 4 heteroatoms. The number of hydrogen-bond donors (Lipinski definition) is 0. The average Bonchev–Trinajstić information content (AvgIpc) is 3.78. The first-order valence-electron chi connectivity index (χ1n) is 17.7. The lowest BCUT2D eigenvalue weighted by Gasteiger charge is -2.15. The zero-order chi connectivity index (χ0) is 34.2. The van der Waals surface area contributed by atoms with E-state index in [1.807, 2.05) is 6.07 Å². The number of imidazole rings is 1. The maximum atomic E-state index is 5.27. The van der Waals surface area contributed by atoms with Crippen molar-refractivity contribution in [1.29, 1.82) is 0 Å². The molecule has 0 saturated carbocycles. The zero-order valence-corrected chi connectivity index (χ0v) is 28.1. The molecule has 0 radical (unpaired) electrons. The molecule has 0 fully saturated rings. The first kappa shape index (κ1) is 28.8. The quantitative estimate of drug-likeness (QED) is 0.176. The molecule has 0 unspecified atom stereocenters. The summed E-state index contributed by atoms with van der Waals surface area (Å²) in [7, 11) is 0. The Morgan fingerprint density at radius 2 is 0.981 bits per heavy atom. The Labute approximate surface area is 299 Å². The van der Waals surface area contributed by atoms with Crippen molar-refractivity contribution < 1.29 is 0 Å². The minimum Gasteiger partial charge on any atom is -0.309 e. The molecular formula is C48H30N4. The zero-order valence-electron chi connectivity index (χ0n) is 28.1. The average molecular weight is 663 g/mol. The van der Waals surface area contributed by atoms with E-state index in [0.29, 0.717) is 0 Å². The van der Waals surface area contributed by atoms with Crippen molar-refractivity contribution in [1.82, 2.24) is 18.9 Å². The van der Waals surface area contributed by atoms with Gasteiger partial charge < -0.3 is 4.57 Å². The summed E-state index contributed by atoms with van der Waals surface area (Å²) in [4.78, 5) is 10.5. The van der Waals surface area contributed by atoms with Crippen LogP contribution < -0.4 is 0 Å². The van der Waals surface area contributed by atoms with E-state index in [9.17, 15) is 0 Å². The molecule has 0 saturated heterocycles. The molecule has 4 aromatic heterocycles. The molecule has 242 valence electrons. The third-order valence-electron chi connectivity index (χ3n) is 10.5. The minimum atomic E-state index is 0.934. The summed E-state index contributed by atoms with van der Waals surface area (Å²) >= 11 is 0. The van der Waals surface area contributed by atoms with Crippen LogP contribution in [0.1, 0.15) is 0 Å². The standard InChI is InChI=1S/C48H30N4/c1-3-14-31(15-4-1)34-29-41(32-16-5-2-6-17-32)49-42(30-34)33-18-13-19-35(28-33)51-43-23-10-7-20-36(43)37-26-27-39-46(47(37)51)38-21-8-11-24-44(38)52-45-25-12-9-22-40(45)50-48(39)52/h1-30H. The van der Waals surface area contributed by atoms with Gasteiger partial charge in [-0.25, -0.2) is 9.97 Å². The van der Waals surface area contributed by atoms with Crippen molar-refractivity contribution in [2.45, 2.75) is 0 Å². The number of fused-ring (bicyclic) bond motifs is 12. The second-order valence-electron chi connectivity index (χ2n) is 13.4. The van der Waals surface area contributed by atoms with Gasteiger partial charge in [0.05, 0.1) is 39.0 Å².